The van der Waals surface area contributed by atoms with Gasteiger partial charge in [0.1, 0.15) is 5.75 Å². The van der Waals surface area contributed by atoms with Gasteiger partial charge in [0.25, 0.3) is 6.43 Å². The molecule has 0 aromatic heterocycles. The monoisotopic (exact) mass is 326 g/mol. The lowest BCUT2D eigenvalue weighted by Gasteiger charge is -2.10. The van der Waals surface area contributed by atoms with Gasteiger partial charge in [-0.15, -0.1) is 0 Å². The van der Waals surface area contributed by atoms with Gasteiger partial charge in [0.05, 0.1) is 12.7 Å². The fourth-order valence-corrected chi connectivity index (χ4v) is 2.01. The fourth-order valence-electron chi connectivity index (χ4n) is 1.19. The number of methoxy groups -OCH3 is 1. The Morgan fingerprint density at radius 3 is 2.47 bits per heavy atom. The van der Waals surface area contributed by atoms with E-state index in [0.29, 0.717) is 9.13 Å². The molecule has 0 saturated heterocycles. The summed E-state index contributed by atoms with van der Waals surface area (Å²) in [6.07, 6.45) is -2.64. The lowest BCUT2D eigenvalue weighted by Crippen LogP contribution is -2.01. The number of halogens is 3. The van der Waals surface area contributed by atoms with Crippen LogP contribution in [0.2, 0.25) is 0 Å². The zero-order valence-corrected chi connectivity index (χ0v) is 10.3. The van der Waals surface area contributed by atoms with Crippen molar-refractivity contribution in [1.82, 2.24) is 0 Å². The van der Waals surface area contributed by atoms with E-state index in [1.165, 1.54) is 26.2 Å². The van der Waals surface area contributed by atoms with E-state index in [4.69, 9.17) is 4.74 Å². The van der Waals surface area contributed by atoms with Crippen molar-refractivity contribution >= 4 is 28.4 Å². The first-order valence-corrected chi connectivity index (χ1v) is 5.21. The number of alkyl halides is 2. The Balaban J connectivity index is 3.37. The van der Waals surface area contributed by atoms with Crippen molar-refractivity contribution in [2.24, 2.45) is 0 Å². The van der Waals surface area contributed by atoms with Gasteiger partial charge in [-0.05, 0) is 41.6 Å². The zero-order valence-electron chi connectivity index (χ0n) is 8.18. The average Bonchev–Trinajstić information content (AvgIpc) is 2.16. The first-order valence-electron chi connectivity index (χ1n) is 4.14. The van der Waals surface area contributed by atoms with Crippen LogP contribution in [0.4, 0.5) is 8.78 Å². The molecule has 0 atom stereocenters. The molecule has 0 aliphatic rings. The molecule has 1 aromatic carbocycles. The number of carbonyl (C=O) groups excluding carboxylic acids is 1. The van der Waals surface area contributed by atoms with Crippen molar-refractivity contribution < 1.29 is 18.3 Å². The normalized spacial score (nSPS) is 10.5. The molecule has 15 heavy (non-hydrogen) atoms. The van der Waals surface area contributed by atoms with Crippen molar-refractivity contribution in [3.63, 3.8) is 0 Å². The summed E-state index contributed by atoms with van der Waals surface area (Å²) >= 11 is 1.92. The van der Waals surface area contributed by atoms with Crippen LogP contribution in [0.1, 0.15) is 29.3 Å². The molecule has 82 valence electrons. The molecule has 1 rings (SSSR count). The van der Waals surface area contributed by atoms with E-state index < -0.39 is 6.43 Å². The first kappa shape index (κ1) is 12.4. The summed E-state index contributed by atoms with van der Waals surface area (Å²) in [6.45, 7) is 1.35. The smallest absolute Gasteiger partial charge is 0.267 e. The summed E-state index contributed by atoms with van der Waals surface area (Å²) in [7, 11) is 1.32. The van der Waals surface area contributed by atoms with Gasteiger partial charge in [-0.3, -0.25) is 4.79 Å². The molecule has 0 aliphatic heterocycles. The predicted molar refractivity (Wildman–Crippen MR) is 60.7 cm³/mol. The third kappa shape index (κ3) is 2.64. The maximum atomic E-state index is 12.6. The van der Waals surface area contributed by atoms with Crippen molar-refractivity contribution in [3.05, 3.63) is 26.8 Å². The second-order valence-corrected chi connectivity index (χ2v) is 4.09. The van der Waals surface area contributed by atoms with Crippen LogP contribution in [0.5, 0.6) is 5.75 Å². The van der Waals surface area contributed by atoms with Gasteiger partial charge in [-0.25, -0.2) is 8.78 Å². The molecule has 0 unspecified atom stereocenters. The van der Waals surface area contributed by atoms with Crippen LogP contribution in [-0.2, 0) is 0 Å². The summed E-state index contributed by atoms with van der Waals surface area (Å²) in [4.78, 5) is 11.2. The van der Waals surface area contributed by atoms with E-state index in [0.717, 1.165) is 0 Å². The van der Waals surface area contributed by atoms with Crippen LogP contribution < -0.4 is 4.74 Å². The molecule has 2 nitrogen and oxygen atoms in total. The molecular formula is C10H9F2IO2. The molecular weight excluding hydrogens is 317 g/mol. The highest BCUT2D eigenvalue weighted by Gasteiger charge is 2.18. The van der Waals surface area contributed by atoms with E-state index in [1.807, 2.05) is 22.6 Å². The SMILES string of the molecule is COc1cc(I)c(C(C)=O)cc1C(F)F. The summed E-state index contributed by atoms with van der Waals surface area (Å²) in [5.41, 5.74) is 0.0508. The fraction of sp³-hybridized carbons (Fsp3) is 0.300. The molecule has 0 radical (unpaired) electrons. The molecule has 0 spiro atoms. The maximum Gasteiger partial charge on any atom is 0.267 e. The van der Waals surface area contributed by atoms with Crippen LogP contribution in [0.3, 0.4) is 0 Å². The number of rotatable bonds is 3. The number of ether oxygens (including phenoxy) is 1. The number of hydrogen-bond donors (Lipinski definition) is 0. The minimum absolute atomic E-state index is 0.111. The lowest BCUT2D eigenvalue weighted by atomic mass is 10.1. The third-order valence-corrected chi connectivity index (χ3v) is 2.83. The quantitative estimate of drug-likeness (QED) is 0.628. The Bertz CT molecular complexity index is 391. The van der Waals surface area contributed by atoms with Crippen LogP contribution >= 0.6 is 22.6 Å². The van der Waals surface area contributed by atoms with Crippen molar-refractivity contribution in [3.8, 4) is 5.75 Å². The average molecular weight is 326 g/mol. The van der Waals surface area contributed by atoms with E-state index in [1.54, 1.807) is 0 Å². The van der Waals surface area contributed by atoms with Crippen molar-refractivity contribution in [2.45, 2.75) is 13.3 Å². The van der Waals surface area contributed by atoms with Gasteiger partial charge in [0.15, 0.2) is 5.78 Å². The molecule has 0 heterocycles. The van der Waals surface area contributed by atoms with Gasteiger partial charge < -0.3 is 4.74 Å². The first-order chi connectivity index (χ1) is 6.97. The second-order valence-electron chi connectivity index (χ2n) is 2.93. The highest BCUT2D eigenvalue weighted by Crippen LogP contribution is 2.32. The maximum absolute atomic E-state index is 12.6. The molecule has 1 aromatic rings. The minimum Gasteiger partial charge on any atom is -0.496 e. The standard InChI is InChI=1S/C10H9F2IO2/c1-5(14)6-3-7(10(11)12)9(15-2)4-8(6)13/h3-4,10H,1-2H3. The lowest BCUT2D eigenvalue weighted by molar-refractivity contribution is 0.101. The van der Waals surface area contributed by atoms with Gasteiger partial charge in [-0.1, -0.05) is 0 Å². The highest BCUT2D eigenvalue weighted by molar-refractivity contribution is 14.1. The van der Waals surface area contributed by atoms with Crippen LogP contribution in [-0.4, -0.2) is 12.9 Å². The van der Waals surface area contributed by atoms with E-state index in [-0.39, 0.29) is 17.1 Å². The van der Waals surface area contributed by atoms with E-state index in [9.17, 15) is 13.6 Å². The molecule has 5 heteroatoms. The summed E-state index contributed by atoms with van der Waals surface area (Å²) < 4.78 is 30.6. The highest BCUT2D eigenvalue weighted by atomic mass is 127. The molecule has 0 bridgehead atoms. The molecule has 0 aliphatic carbocycles. The molecule has 0 N–H and O–H groups in total. The van der Waals surface area contributed by atoms with Crippen LogP contribution in [0, 0.1) is 3.57 Å². The number of hydrogen-bond acceptors (Lipinski definition) is 2. The third-order valence-electron chi connectivity index (χ3n) is 1.93. The van der Waals surface area contributed by atoms with Crippen molar-refractivity contribution in [2.75, 3.05) is 7.11 Å². The van der Waals surface area contributed by atoms with Crippen molar-refractivity contribution in [1.29, 1.82) is 0 Å². The number of Topliss-reactive ketones (excluding diaryl/α,β-unsaturated/α-hetero) is 1. The Morgan fingerprint density at radius 2 is 2.07 bits per heavy atom. The second kappa shape index (κ2) is 4.87. The van der Waals surface area contributed by atoms with Crippen LogP contribution in [0.15, 0.2) is 12.1 Å². The van der Waals surface area contributed by atoms with E-state index in [2.05, 4.69) is 0 Å². The Morgan fingerprint density at radius 1 is 1.47 bits per heavy atom. The number of benzene rings is 1. The number of carbonyl (C=O) groups is 1. The molecule has 0 fully saturated rings. The Hall–Kier alpha value is -0.720. The molecule has 0 amide bonds. The zero-order chi connectivity index (χ0) is 11.6. The summed E-state index contributed by atoms with van der Waals surface area (Å²) in [6, 6.07) is 2.63. The van der Waals surface area contributed by atoms with Crippen LogP contribution in [0.25, 0.3) is 0 Å². The van der Waals surface area contributed by atoms with Gasteiger partial charge in [0, 0.05) is 9.13 Å². The largest absolute Gasteiger partial charge is 0.496 e. The van der Waals surface area contributed by atoms with Gasteiger partial charge in [-0.2, -0.15) is 0 Å². The van der Waals surface area contributed by atoms with Gasteiger partial charge >= 0.3 is 0 Å². The van der Waals surface area contributed by atoms with E-state index >= 15 is 0 Å². The summed E-state index contributed by atoms with van der Waals surface area (Å²) in [5, 5.41) is 0. The minimum atomic E-state index is -2.64. The van der Waals surface area contributed by atoms with Gasteiger partial charge in [0.2, 0.25) is 0 Å². The topological polar surface area (TPSA) is 26.3 Å². The predicted octanol–water partition coefficient (Wildman–Crippen LogP) is 3.44. The number of ketones is 1. The Kier molecular flexibility index (Phi) is 4.01. The Labute approximate surface area is 99.8 Å². The molecule has 0 saturated carbocycles. The summed E-state index contributed by atoms with van der Waals surface area (Å²) in [5.74, 6) is -0.122.